The Morgan fingerprint density at radius 3 is 2.85 bits per heavy atom. The standard InChI is InChI=1S/C12H14BrNO5S/c1-12(11(15)16)7-19-6-10(12)14-20(17,18)9-4-2-3-8(13)5-9/h2-5,10,14H,6-7H2,1H3,(H,15,16). The number of hydrogen-bond acceptors (Lipinski definition) is 4. The van der Waals surface area contributed by atoms with Crippen molar-refractivity contribution in [3.63, 3.8) is 0 Å². The lowest BCUT2D eigenvalue weighted by atomic mass is 9.86. The second-order valence-electron chi connectivity index (χ2n) is 4.87. The fraction of sp³-hybridized carbons (Fsp3) is 0.417. The Bertz CT molecular complexity index is 632. The third-order valence-electron chi connectivity index (χ3n) is 3.35. The number of ether oxygens (including phenoxy) is 1. The topological polar surface area (TPSA) is 92.7 Å². The molecular formula is C12H14BrNO5S. The molecule has 0 bridgehead atoms. The zero-order chi connectivity index (χ0) is 15.0. The molecule has 0 spiro atoms. The van der Waals surface area contributed by atoms with E-state index in [0.29, 0.717) is 4.47 Å². The molecule has 1 aliphatic rings. The van der Waals surface area contributed by atoms with Crippen molar-refractivity contribution in [2.24, 2.45) is 5.41 Å². The SMILES string of the molecule is CC1(C(=O)O)COCC1NS(=O)(=O)c1cccc(Br)c1. The number of carboxylic acids is 1. The van der Waals surface area contributed by atoms with Crippen LogP contribution in [0, 0.1) is 5.41 Å². The number of aliphatic carboxylic acids is 1. The first-order valence-electron chi connectivity index (χ1n) is 5.85. The number of benzene rings is 1. The largest absolute Gasteiger partial charge is 0.481 e. The van der Waals surface area contributed by atoms with E-state index in [9.17, 15) is 18.3 Å². The Morgan fingerprint density at radius 2 is 2.25 bits per heavy atom. The van der Waals surface area contributed by atoms with Gasteiger partial charge in [0.2, 0.25) is 10.0 Å². The minimum Gasteiger partial charge on any atom is -0.481 e. The van der Waals surface area contributed by atoms with Gasteiger partial charge in [-0.05, 0) is 25.1 Å². The predicted molar refractivity (Wildman–Crippen MR) is 74.8 cm³/mol. The lowest BCUT2D eigenvalue weighted by molar-refractivity contribution is -0.148. The van der Waals surface area contributed by atoms with Gasteiger partial charge in [-0.1, -0.05) is 22.0 Å². The molecule has 2 atom stereocenters. The summed E-state index contributed by atoms with van der Waals surface area (Å²) in [4.78, 5) is 11.4. The second kappa shape index (κ2) is 5.44. The number of sulfonamides is 1. The van der Waals surface area contributed by atoms with E-state index in [4.69, 9.17) is 4.74 Å². The minimum atomic E-state index is -3.79. The Labute approximate surface area is 125 Å². The first kappa shape index (κ1) is 15.4. The highest BCUT2D eigenvalue weighted by molar-refractivity contribution is 9.10. The van der Waals surface area contributed by atoms with Crippen molar-refractivity contribution < 1.29 is 23.1 Å². The molecule has 0 aliphatic carbocycles. The summed E-state index contributed by atoms with van der Waals surface area (Å²) >= 11 is 3.20. The summed E-state index contributed by atoms with van der Waals surface area (Å²) in [7, 11) is -3.79. The van der Waals surface area contributed by atoms with Gasteiger partial charge in [0, 0.05) is 4.47 Å². The van der Waals surface area contributed by atoms with Gasteiger partial charge in [-0.25, -0.2) is 13.1 Å². The highest BCUT2D eigenvalue weighted by atomic mass is 79.9. The Hall–Kier alpha value is -0.960. The molecule has 0 amide bonds. The van der Waals surface area contributed by atoms with Crippen LogP contribution in [0.5, 0.6) is 0 Å². The maximum absolute atomic E-state index is 12.3. The fourth-order valence-electron chi connectivity index (χ4n) is 1.94. The summed E-state index contributed by atoms with van der Waals surface area (Å²) in [6, 6.07) is 5.40. The first-order chi connectivity index (χ1) is 9.25. The molecule has 8 heteroatoms. The van der Waals surface area contributed by atoms with Crippen LogP contribution in [0.4, 0.5) is 0 Å². The third-order valence-corrected chi connectivity index (χ3v) is 5.31. The number of rotatable bonds is 4. The molecule has 1 aromatic rings. The number of carboxylic acid groups (broad SMARTS) is 1. The van der Waals surface area contributed by atoms with Crippen LogP contribution in [-0.4, -0.2) is 38.7 Å². The van der Waals surface area contributed by atoms with Gasteiger partial charge in [0.25, 0.3) is 0 Å². The van der Waals surface area contributed by atoms with Gasteiger partial charge >= 0.3 is 5.97 Å². The van der Waals surface area contributed by atoms with Gasteiger partial charge in [0.1, 0.15) is 5.41 Å². The smallest absolute Gasteiger partial charge is 0.313 e. The van der Waals surface area contributed by atoms with E-state index in [-0.39, 0.29) is 18.1 Å². The predicted octanol–water partition coefficient (Wildman–Crippen LogP) is 1.22. The van der Waals surface area contributed by atoms with Gasteiger partial charge in [0.15, 0.2) is 0 Å². The van der Waals surface area contributed by atoms with E-state index in [1.807, 2.05) is 0 Å². The Balaban J connectivity index is 2.27. The van der Waals surface area contributed by atoms with Gasteiger partial charge in [0.05, 0.1) is 24.2 Å². The van der Waals surface area contributed by atoms with Crippen molar-refractivity contribution in [1.29, 1.82) is 0 Å². The summed E-state index contributed by atoms with van der Waals surface area (Å²) in [6.45, 7) is 1.49. The molecule has 2 N–H and O–H groups in total. The van der Waals surface area contributed by atoms with Crippen LogP contribution in [0.25, 0.3) is 0 Å². The van der Waals surface area contributed by atoms with Gasteiger partial charge in [-0.15, -0.1) is 0 Å². The van der Waals surface area contributed by atoms with Crippen molar-refractivity contribution in [1.82, 2.24) is 4.72 Å². The molecule has 1 heterocycles. The monoisotopic (exact) mass is 363 g/mol. The molecule has 1 aliphatic heterocycles. The van der Waals surface area contributed by atoms with Crippen molar-refractivity contribution >= 4 is 31.9 Å². The highest BCUT2D eigenvalue weighted by Crippen LogP contribution is 2.30. The van der Waals surface area contributed by atoms with E-state index in [0.717, 1.165) is 0 Å². The molecule has 1 saturated heterocycles. The zero-order valence-corrected chi connectivity index (χ0v) is 13.1. The van der Waals surface area contributed by atoms with Crippen molar-refractivity contribution in [2.75, 3.05) is 13.2 Å². The second-order valence-corrected chi connectivity index (χ2v) is 7.50. The maximum atomic E-state index is 12.3. The summed E-state index contributed by atoms with van der Waals surface area (Å²) in [5.41, 5.74) is -1.26. The molecule has 1 aromatic carbocycles. The zero-order valence-electron chi connectivity index (χ0n) is 10.7. The quantitative estimate of drug-likeness (QED) is 0.838. The summed E-state index contributed by atoms with van der Waals surface area (Å²) < 4.78 is 32.7. The van der Waals surface area contributed by atoms with Crippen LogP contribution < -0.4 is 4.72 Å². The molecule has 1 fully saturated rings. The Kier molecular flexibility index (Phi) is 4.19. The normalized spacial score (nSPS) is 26.6. The van der Waals surface area contributed by atoms with E-state index in [2.05, 4.69) is 20.7 Å². The maximum Gasteiger partial charge on any atom is 0.313 e. The van der Waals surface area contributed by atoms with E-state index in [1.165, 1.54) is 19.1 Å². The average Bonchev–Trinajstić information content (AvgIpc) is 2.72. The highest BCUT2D eigenvalue weighted by Gasteiger charge is 2.48. The molecule has 110 valence electrons. The Morgan fingerprint density at radius 1 is 1.55 bits per heavy atom. The molecular weight excluding hydrogens is 350 g/mol. The van der Waals surface area contributed by atoms with Gasteiger partial charge in [-0.2, -0.15) is 0 Å². The lowest BCUT2D eigenvalue weighted by Crippen LogP contribution is -2.49. The lowest BCUT2D eigenvalue weighted by Gasteiger charge is -2.25. The summed E-state index contributed by atoms with van der Waals surface area (Å²) in [5, 5.41) is 9.23. The van der Waals surface area contributed by atoms with Crippen LogP contribution >= 0.6 is 15.9 Å². The van der Waals surface area contributed by atoms with E-state index >= 15 is 0 Å². The van der Waals surface area contributed by atoms with Gasteiger partial charge in [-0.3, -0.25) is 4.79 Å². The summed E-state index contributed by atoms with van der Waals surface area (Å²) in [6.07, 6.45) is 0. The molecule has 0 aromatic heterocycles. The van der Waals surface area contributed by atoms with E-state index < -0.39 is 27.4 Å². The molecule has 2 unspecified atom stereocenters. The summed E-state index contributed by atoms with van der Waals surface area (Å²) in [5.74, 6) is -1.09. The average molecular weight is 364 g/mol. The van der Waals surface area contributed by atoms with Crippen LogP contribution in [0.15, 0.2) is 33.6 Å². The fourth-order valence-corrected chi connectivity index (χ4v) is 3.87. The van der Waals surface area contributed by atoms with Crippen molar-refractivity contribution in [3.05, 3.63) is 28.7 Å². The minimum absolute atomic E-state index is 0.0198. The molecule has 0 radical (unpaired) electrons. The molecule has 2 rings (SSSR count). The molecule has 20 heavy (non-hydrogen) atoms. The first-order valence-corrected chi connectivity index (χ1v) is 8.12. The van der Waals surface area contributed by atoms with Crippen LogP contribution in [-0.2, 0) is 19.6 Å². The van der Waals surface area contributed by atoms with Crippen molar-refractivity contribution in [3.8, 4) is 0 Å². The van der Waals surface area contributed by atoms with Crippen molar-refractivity contribution in [2.45, 2.75) is 17.9 Å². The number of carbonyl (C=O) groups is 1. The molecule has 6 nitrogen and oxygen atoms in total. The molecule has 0 saturated carbocycles. The van der Waals surface area contributed by atoms with Crippen LogP contribution in [0.3, 0.4) is 0 Å². The van der Waals surface area contributed by atoms with Gasteiger partial charge < -0.3 is 9.84 Å². The number of hydrogen-bond donors (Lipinski definition) is 2. The van der Waals surface area contributed by atoms with Crippen LogP contribution in [0.1, 0.15) is 6.92 Å². The number of nitrogens with one attached hydrogen (secondary N) is 1. The van der Waals surface area contributed by atoms with Crippen LogP contribution in [0.2, 0.25) is 0 Å². The number of halogens is 1. The third kappa shape index (κ3) is 2.88. The van der Waals surface area contributed by atoms with E-state index in [1.54, 1.807) is 12.1 Å².